The van der Waals surface area contributed by atoms with Crippen molar-refractivity contribution >= 4 is 10.0 Å². The fraction of sp³-hybridized carbons (Fsp3) is 0.667. The number of hydrogen-bond acceptors (Lipinski definition) is 3. The van der Waals surface area contributed by atoms with Crippen molar-refractivity contribution < 1.29 is 8.42 Å². The number of piperidine rings is 1. The second-order valence-electron chi connectivity index (χ2n) is 7.49. The van der Waals surface area contributed by atoms with Gasteiger partial charge in [-0.3, -0.25) is 4.90 Å². The van der Waals surface area contributed by atoms with E-state index >= 15 is 0 Å². The molecular formula is C18H26N2O2S. The fourth-order valence-electron chi connectivity index (χ4n) is 4.96. The summed E-state index contributed by atoms with van der Waals surface area (Å²) in [5.74, 6) is 0. The van der Waals surface area contributed by atoms with Gasteiger partial charge in [-0.25, -0.2) is 12.7 Å². The van der Waals surface area contributed by atoms with Gasteiger partial charge in [0.2, 0.25) is 10.0 Å². The number of rotatable bonds is 2. The lowest BCUT2D eigenvalue weighted by atomic mass is 9.74. The summed E-state index contributed by atoms with van der Waals surface area (Å²) in [6, 6.07) is 9.44. The number of nitrogens with zero attached hydrogens (tertiary/aromatic N) is 2. The Morgan fingerprint density at radius 2 is 1.70 bits per heavy atom. The first-order valence-corrected chi connectivity index (χ1v) is 10.6. The molecule has 0 aromatic heterocycles. The summed E-state index contributed by atoms with van der Waals surface area (Å²) in [6.07, 6.45) is 7.05. The number of hydrogen-bond donors (Lipinski definition) is 0. The predicted molar refractivity (Wildman–Crippen MR) is 91.9 cm³/mol. The first-order chi connectivity index (χ1) is 11.0. The number of sulfonamides is 1. The van der Waals surface area contributed by atoms with Crippen LogP contribution in [-0.2, 0) is 15.4 Å². The molecule has 0 N–H and O–H groups in total. The van der Waals surface area contributed by atoms with Crippen molar-refractivity contribution in [1.82, 2.24) is 9.21 Å². The van der Waals surface area contributed by atoms with Crippen LogP contribution in [0.2, 0.25) is 0 Å². The quantitative estimate of drug-likeness (QED) is 0.834. The summed E-state index contributed by atoms with van der Waals surface area (Å²) in [7, 11) is -3.06. The molecule has 0 bridgehead atoms. The molecule has 2 fully saturated rings. The van der Waals surface area contributed by atoms with Gasteiger partial charge in [0.15, 0.2) is 0 Å². The zero-order valence-corrected chi connectivity index (χ0v) is 14.7. The molecule has 1 aromatic rings. The van der Waals surface area contributed by atoms with E-state index in [9.17, 15) is 8.42 Å². The van der Waals surface area contributed by atoms with Crippen molar-refractivity contribution in [2.75, 3.05) is 32.4 Å². The summed E-state index contributed by atoms with van der Waals surface area (Å²) in [5, 5.41) is 0. The van der Waals surface area contributed by atoms with Crippen LogP contribution in [0.1, 0.15) is 49.3 Å². The minimum atomic E-state index is -3.06. The monoisotopic (exact) mass is 334 g/mol. The lowest BCUT2D eigenvalue weighted by molar-refractivity contribution is 0.173. The number of likely N-dealkylation sites (tertiary alicyclic amines) is 1. The molecule has 2 saturated heterocycles. The van der Waals surface area contributed by atoms with E-state index in [-0.39, 0.29) is 5.41 Å². The van der Waals surface area contributed by atoms with Gasteiger partial charge in [-0.1, -0.05) is 24.3 Å². The van der Waals surface area contributed by atoms with Crippen LogP contribution in [0.5, 0.6) is 0 Å². The van der Waals surface area contributed by atoms with Crippen LogP contribution in [0.25, 0.3) is 0 Å². The molecule has 23 heavy (non-hydrogen) atoms. The maximum atomic E-state index is 11.8. The zero-order valence-electron chi connectivity index (χ0n) is 13.9. The van der Waals surface area contributed by atoms with Gasteiger partial charge >= 0.3 is 0 Å². The molecule has 1 aliphatic carbocycles. The Kier molecular flexibility index (Phi) is 3.78. The largest absolute Gasteiger partial charge is 0.296 e. The van der Waals surface area contributed by atoms with E-state index in [0.29, 0.717) is 19.1 Å². The van der Waals surface area contributed by atoms with Gasteiger partial charge in [-0.15, -0.1) is 0 Å². The summed E-state index contributed by atoms with van der Waals surface area (Å²) in [6.45, 7) is 3.76. The Morgan fingerprint density at radius 3 is 2.35 bits per heavy atom. The topological polar surface area (TPSA) is 40.6 Å². The van der Waals surface area contributed by atoms with Crippen molar-refractivity contribution in [2.24, 2.45) is 0 Å². The Morgan fingerprint density at radius 1 is 1.04 bits per heavy atom. The molecule has 5 heteroatoms. The van der Waals surface area contributed by atoms with Crippen LogP contribution in [0.3, 0.4) is 0 Å². The van der Waals surface area contributed by atoms with E-state index in [0.717, 1.165) is 12.8 Å². The molecule has 4 nitrogen and oxygen atoms in total. The van der Waals surface area contributed by atoms with Crippen molar-refractivity contribution in [3.63, 3.8) is 0 Å². The predicted octanol–water partition coefficient (Wildman–Crippen LogP) is 2.52. The summed E-state index contributed by atoms with van der Waals surface area (Å²) in [5.41, 5.74) is 3.18. The first kappa shape index (κ1) is 15.6. The third-order valence-electron chi connectivity index (χ3n) is 6.21. The third-order valence-corrected chi connectivity index (χ3v) is 7.51. The highest BCUT2D eigenvalue weighted by atomic mass is 32.2. The summed E-state index contributed by atoms with van der Waals surface area (Å²) >= 11 is 0. The minimum absolute atomic E-state index is 0.186. The zero-order chi connectivity index (χ0) is 16.1. The molecule has 0 saturated carbocycles. The second kappa shape index (κ2) is 5.57. The summed E-state index contributed by atoms with van der Waals surface area (Å²) < 4.78 is 25.3. The molecule has 4 rings (SSSR count). The Bertz CT molecular complexity index is 687. The molecule has 3 aliphatic rings. The van der Waals surface area contributed by atoms with Crippen LogP contribution in [0, 0.1) is 0 Å². The molecular weight excluding hydrogens is 308 g/mol. The van der Waals surface area contributed by atoms with Gasteiger partial charge in [0.1, 0.15) is 0 Å². The lowest BCUT2D eigenvalue weighted by Gasteiger charge is -2.39. The normalized spacial score (nSPS) is 28.3. The lowest BCUT2D eigenvalue weighted by Crippen LogP contribution is -2.44. The number of benzene rings is 1. The molecule has 1 spiro atoms. The van der Waals surface area contributed by atoms with Crippen LogP contribution >= 0.6 is 0 Å². The Labute approximate surface area is 139 Å². The average Bonchev–Trinajstić information content (AvgIpc) is 3.15. The molecule has 1 atom stereocenters. The van der Waals surface area contributed by atoms with Crippen LogP contribution < -0.4 is 0 Å². The van der Waals surface area contributed by atoms with Gasteiger partial charge in [-0.05, 0) is 61.7 Å². The highest BCUT2D eigenvalue weighted by Crippen LogP contribution is 2.53. The summed E-state index contributed by atoms with van der Waals surface area (Å²) in [4.78, 5) is 2.65. The van der Waals surface area contributed by atoms with Crippen LogP contribution in [-0.4, -0.2) is 50.1 Å². The molecule has 0 radical (unpaired) electrons. The number of fused-ring (bicyclic) bond motifs is 2. The molecule has 126 valence electrons. The smallest absolute Gasteiger partial charge is 0.211 e. The van der Waals surface area contributed by atoms with Gasteiger partial charge in [0.25, 0.3) is 0 Å². The van der Waals surface area contributed by atoms with Gasteiger partial charge in [0, 0.05) is 19.1 Å². The maximum absolute atomic E-state index is 11.8. The van der Waals surface area contributed by atoms with Gasteiger partial charge < -0.3 is 0 Å². The average molecular weight is 334 g/mol. The van der Waals surface area contributed by atoms with Crippen molar-refractivity contribution in [1.29, 1.82) is 0 Å². The third kappa shape index (κ3) is 2.63. The molecule has 0 amide bonds. The standard InChI is InChI=1S/C18H26N2O2S/c1-23(21,22)20-12-8-18(9-13-20)14-17(19-10-4-5-11-19)15-6-2-3-7-16(15)18/h2-3,6-7,17H,4-5,8-14H2,1H3. The van der Waals surface area contributed by atoms with Gasteiger partial charge in [0.05, 0.1) is 6.26 Å². The van der Waals surface area contributed by atoms with Crippen LogP contribution in [0.4, 0.5) is 0 Å². The van der Waals surface area contributed by atoms with Crippen LogP contribution in [0.15, 0.2) is 24.3 Å². The highest BCUT2D eigenvalue weighted by molar-refractivity contribution is 7.88. The van der Waals surface area contributed by atoms with E-state index < -0.39 is 10.0 Å². The van der Waals surface area contributed by atoms with E-state index in [4.69, 9.17) is 0 Å². The van der Waals surface area contributed by atoms with E-state index in [1.54, 1.807) is 4.31 Å². The highest BCUT2D eigenvalue weighted by Gasteiger charge is 2.47. The Hall–Kier alpha value is -0.910. The fourth-order valence-corrected chi connectivity index (χ4v) is 5.80. The van der Waals surface area contributed by atoms with Crippen molar-refractivity contribution in [3.05, 3.63) is 35.4 Å². The molecule has 1 unspecified atom stereocenters. The van der Waals surface area contributed by atoms with Gasteiger partial charge in [-0.2, -0.15) is 0 Å². The van der Waals surface area contributed by atoms with Crippen molar-refractivity contribution in [2.45, 2.75) is 43.6 Å². The molecule has 1 aromatic carbocycles. The van der Waals surface area contributed by atoms with E-state index in [1.165, 1.54) is 49.7 Å². The molecule has 2 aliphatic heterocycles. The second-order valence-corrected chi connectivity index (χ2v) is 9.48. The SMILES string of the molecule is CS(=O)(=O)N1CCC2(CC1)CC(N1CCCC1)c1ccccc12. The maximum Gasteiger partial charge on any atom is 0.211 e. The molecule has 2 heterocycles. The first-order valence-electron chi connectivity index (χ1n) is 8.78. The minimum Gasteiger partial charge on any atom is -0.296 e. The van der Waals surface area contributed by atoms with E-state index in [2.05, 4.69) is 29.2 Å². The van der Waals surface area contributed by atoms with E-state index in [1.807, 2.05) is 0 Å². The Balaban J connectivity index is 1.63. The van der Waals surface area contributed by atoms with Crippen molar-refractivity contribution in [3.8, 4) is 0 Å².